The predicted molar refractivity (Wildman–Crippen MR) is 101 cm³/mol. The lowest BCUT2D eigenvalue weighted by atomic mass is 9.98. The van der Waals surface area contributed by atoms with Crippen molar-refractivity contribution in [1.29, 1.82) is 0 Å². The fourth-order valence-corrected chi connectivity index (χ4v) is 3.52. The normalized spacial score (nSPS) is 18.5. The van der Waals surface area contributed by atoms with E-state index >= 15 is 0 Å². The Morgan fingerprint density at radius 1 is 0.962 bits per heavy atom. The van der Waals surface area contributed by atoms with Crippen molar-refractivity contribution in [2.24, 2.45) is 5.10 Å². The van der Waals surface area contributed by atoms with Crippen LogP contribution in [-0.2, 0) is 4.79 Å². The third-order valence-electron chi connectivity index (χ3n) is 4.94. The van der Waals surface area contributed by atoms with E-state index in [2.05, 4.69) is 10.1 Å². The highest BCUT2D eigenvalue weighted by molar-refractivity contribution is 6.08. The van der Waals surface area contributed by atoms with Crippen LogP contribution in [0, 0.1) is 0 Å². The van der Waals surface area contributed by atoms with Gasteiger partial charge in [0.1, 0.15) is 5.75 Å². The number of ether oxygens (including phenoxy) is 1. The van der Waals surface area contributed by atoms with Gasteiger partial charge in [0.25, 0.3) is 0 Å². The van der Waals surface area contributed by atoms with Crippen LogP contribution in [0.25, 0.3) is 0 Å². The summed E-state index contributed by atoms with van der Waals surface area (Å²) >= 11 is 0. The summed E-state index contributed by atoms with van der Waals surface area (Å²) in [5, 5.41) is 5.95. The summed E-state index contributed by atoms with van der Waals surface area (Å²) in [6.45, 7) is 0. The molecular weight excluding hydrogens is 326 g/mol. The van der Waals surface area contributed by atoms with Crippen LogP contribution in [0.15, 0.2) is 53.8 Å². The SMILES string of the molecule is O=C1CCC(c2ccc(OC3CCCCC3)cc2)=NN1c1ccccn1. The summed E-state index contributed by atoms with van der Waals surface area (Å²) in [7, 11) is 0. The van der Waals surface area contributed by atoms with E-state index in [4.69, 9.17) is 4.74 Å². The average molecular weight is 349 g/mol. The van der Waals surface area contributed by atoms with Crippen molar-refractivity contribution < 1.29 is 9.53 Å². The van der Waals surface area contributed by atoms with E-state index in [1.165, 1.54) is 24.3 Å². The second-order valence-electron chi connectivity index (χ2n) is 6.84. The molecule has 1 aliphatic carbocycles. The molecule has 0 spiro atoms. The van der Waals surface area contributed by atoms with E-state index in [-0.39, 0.29) is 5.91 Å². The Morgan fingerprint density at radius 2 is 1.77 bits per heavy atom. The first-order valence-corrected chi connectivity index (χ1v) is 9.38. The second kappa shape index (κ2) is 7.68. The molecule has 0 N–H and O–H groups in total. The molecule has 1 fully saturated rings. The molecule has 2 heterocycles. The highest BCUT2D eigenvalue weighted by Gasteiger charge is 2.23. The molecule has 2 aliphatic rings. The van der Waals surface area contributed by atoms with Gasteiger partial charge in [0.2, 0.25) is 5.91 Å². The minimum absolute atomic E-state index is 0.0234. The fourth-order valence-electron chi connectivity index (χ4n) is 3.52. The number of amides is 1. The zero-order valence-electron chi connectivity index (χ0n) is 14.8. The van der Waals surface area contributed by atoms with Gasteiger partial charge in [-0.3, -0.25) is 4.79 Å². The number of carbonyl (C=O) groups excluding carboxylic acids is 1. The van der Waals surface area contributed by atoms with Crippen molar-refractivity contribution in [3.63, 3.8) is 0 Å². The van der Waals surface area contributed by atoms with Gasteiger partial charge in [0.05, 0.1) is 11.8 Å². The minimum Gasteiger partial charge on any atom is -0.490 e. The van der Waals surface area contributed by atoms with Crippen LogP contribution in [-0.4, -0.2) is 22.7 Å². The first-order valence-electron chi connectivity index (χ1n) is 9.38. The van der Waals surface area contributed by atoms with Gasteiger partial charge in [-0.25, -0.2) is 4.98 Å². The number of hydrazone groups is 1. The van der Waals surface area contributed by atoms with Crippen LogP contribution in [0.5, 0.6) is 5.75 Å². The monoisotopic (exact) mass is 349 g/mol. The van der Waals surface area contributed by atoms with Crippen molar-refractivity contribution in [2.75, 3.05) is 5.01 Å². The van der Waals surface area contributed by atoms with Crippen molar-refractivity contribution in [3.8, 4) is 5.75 Å². The molecule has 0 bridgehead atoms. The molecule has 26 heavy (non-hydrogen) atoms. The number of hydrogen-bond donors (Lipinski definition) is 0. The largest absolute Gasteiger partial charge is 0.490 e. The van der Waals surface area contributed by atoms with E-state index in [1.54, 1.807) is 12.3 Å². The molecule has 1 amide bonds. The van der Waals surface area contributed by atoms with Crippen LogP contribution in [0.3, 0.4) is 0 Å². The quantitative estimate of drug-likeness (QED) is 0.826. The molecule has 0 unspecified atom stereocenters. The van der Waals surface area contributed by atoms with Gasteiger partial charge < -0.3 is 4.74 Å². The molecule has 1 saturated carbocycles. The maximum Gasteiger partial charge on any atom is 0.249 e. The second-order valence-corrected chi connectivity index (χ2v) is 6.84. The molecular formula is C21H23N3O2. The van der Waals surface area contributed by atoms with Gasteiger partial charge in [0.15, 0.2) is 5.82 Å². The summed E-state index contributed by atoms with van der Waals surface area (Å²) in [5.41, 5.74) is 1.92. The fraction of sp³-hybridized carbons (Fsp3) is 0.381. The Kier molecular flexibility index (Phi) is 4.95. The maximum atomic E-state index is 12.2. The highest BCUT2D eigenvalue weighted by atomic mass is 16.5. The summed E-state index contributed by atoms with van der Waals surface area (Å²) in [5.74, 6) is 1.45. The smallest absolute Gasteiger partial charge is 0.249 e. The Hall–Kier alpha value is -2.69. The van der Waals surface area contributed by atoms with Gasteiger partial charge in [-0.05, 0) is 67.6 Å². The number of anilines is 1. The maximum absolute atomic E-state index is 12.2. The predicted octanol–water partition coefficient (Wildman–Crippen LogP) is 4.32. The summed E-state index contributed by atoms with van der Waals surface area (Å²) in [4.78, 5) is 16.4. The van der Waals surface area contributed by atoms with Crippen molar-refractivity contribution in [3.05, 3.63) is 54.2 Å². The van der Waals surface area contributed by atoms with Gasteiger partial charge in [0, 0.05) is 19.0 Å². The van der Waals surface area contributed by atoms with Crippen molar-refractivity contribution in [1.82, 2.24) is 4.98 Å². The lowest BCUT2D eigenvalue weighted by Crippen LogP contribution is -2.32. The number of benzene rings is 1. The van der Waals surface area contributed by atoms with Crippen LogP contribution in [0.2, 0.25) is 0 Å². The number of hydrogen-bond acceptors (Lipinski definition) is 4. The molecule has 5 nitrogen and oxygen atoms in total. The highest BCUT2D eigenvalue weighted by Crippen LogP contribution is 2.25. The number of nitrogens with zero attached hydrogens (tertiary/aromatic N) is 3. The molecule has 2 aromatic rings. The molecule has 0 radical (unpaired) electrons. The van der Waals surface area contributed by atoms with E-state index < -0.39 is 0 Å². The van der Waals surface area contributed by atoms with Gasteiger partial charge in [-0.2, -0.15) is 10.1 Å². The molecule has 1 aliphatic heterocycles. The van der Waals surface area contributed by atoms with E-state index in [9.17, 15) is 4.79 Å². The lowest BCUT2D eigenvalue weighted by Gasteiger charge is -2.24. The average Bonchev–Trinajstić information content (AvgIpc) is 2.70. The van der Waals surface area contributed by atoms with E-state index in [0.717, 1.165) is 29.9 Å². The molecule has 0 atom stereocenters. The number of rotatable bonds is 4. The minimum atomic E-state index is -0.0234. The van der Waals surface area contributed by atoms with Gasteiger partial charge in [-0.15, -0.1) is 0 Å². The Bertz CT molecular complexity index is 781. The summed E-state index contributed by atoms with van der Waals surface area (Å²) in [6.07, 6.45) is 9.24. The van der Waals surface area contributed by atoms with Crippen molar-refractivity contribution in [2.45, 2.75) is 51.0 Å². The van der Waals surface area contributed by atoms with E-state index in [0.29, 0.717) is 24.8 Å². The van der Waals surface area contributed by atoms with Crippen LogP contribution < -0.4 is 9.75 Å². The Morgan fingerprint density at radius 3 is 2.50 bits per heavy atom. The zero-order chi connectivity index (χ0) is 17.8. The van der Waals surface area contributed by atoms with Gasteiger partial charge in [-0.1, -0.05) is 12.5 Å². The summed E-state index contributed by atoms with van der Waals surface area (Å²) in [6, 6.07) is 13.6. The molecule has 4 rings (SSSR count). The molecule has 1 aromatic carbocycles. The first kappa shape index (κ1) is 16.8. The first-order chi connectivity index (χ1) is 12.8. The molecule has 5 heteroatoms. The Balaban J connectivity index is 1.50. The van der Waals surface area contributed by atoms with Crippen LogP contribution >= 0.6 is 0 Å². The summed E-state index contributed by atoms with van der Waals surface area (Å²) < 4.78 is 6.09. The number of pyridine rings is 1. The molecule has 0 saturated heterocycles. The van der Waals surface area contributed by atoms with Crippen LogP contribution in [0.1, 0.15) is 50.5 Å². The van der Waals surface area contributed by atoms with Crippen LogP contribution in [0.4, 0.5) is 5.82 Å². The zero-order valence-corrected chi connectivity index (χ0v) is 14.8. The molecule has 1 aromatic heterocycles. The third-order valence-corrected chi connectivity index (χ3v) is 4.94. The third kappa shape index (κ3) is 3.77. The number of aromatic nitrogens is 1. The Labute approximate surface area is 153 Å². The van der Waals surface area contributed by atoms with Crippen molar-refractivity contribution >= 4 is 17.4 Å². The number of carbonyl (C=O) groups is 1. The lowest BCUT2D eigenvalue weighted by molar-refractivity contribution is -0.118. The topological polar surface area (TPSA) is 54.8 Å². The molecule has 134 valence electrons. The van der Waals surface area contributed by atoms with E-state index in [1.807, 2.05) is 36.4 Å². The standard InChI is InChI=1S/C21H23N3O2/c25-21-14-13-19(23-24(21)20-8-4-5-15-22-20)16-9-11-18(12-10-16)26-17-6-2-1-3-7-17/h4-5,8-12,15,17H,1-3,6-7,13-14H2. The van der Waals surface area contributed by atoms with Gasteiger partial charge >= 0.3 is 0 Å².